The summed E-state index contributed by atoms with van der Waals surface area (Å²) in [6.45, 7) is 3.39. The monoisotopic (exact) mass is 313 g/mol. The minimum absolute atomic E-state index is 0.00566. The van der Waals surface area contributed by atoms with E-state index in [-0.39, 0.29) is 22.8 Å². The van der Waals surface area contributed by atoms with Crippen molar-refractivity contribution >= 4 is 35.0 Å². The van der Waals surface area contributed by atoms with E-state index in [9.17, 15) is 19.7 Å². The highest BCUT2D eigenvalue weighted by Gasteiger charge is 2.19. The van der Waals surface area contributed by atoms with Crippen molar-refractivity contribution in [2.24, 2.45) is 0 Å². The van der Waals surface area contributed by atoms with Gasteiger partial charge in [0, 0.05) is 12.1 Å². The molecule has 0 bridgehead atoms. The summed E-state index contributed by atoms with van der Waals surface area (Å²) >= 11 is 5.81. The van der Waals surface area contributed by atoms with Crippen LogP contribution < -0.4 is 10.6 Å². The zero-order chi connectivity index (χ0) is 16.0. The van der Waals surface area contributed by atoms with Gasteiger partial charge in [0.1, 0.15) is 6.04 Å². The number of benzene rings is 1. The maximum absolute atomic E-state index is 11.7. The van der Waals surface area contributed by atoms with Crippen LogP contribution in [0.15, 0.2) is 30.9 Å². The van der Waals surface area contributed by atoms with Crippen LogP contribution in [0.3, 0.4) is 0 Å². The number of carboxylic acids is 1. The van der Waals surface area contributed by atoms with Gasteiger partial charge in [0.25, 0.3) is 5.69 Å². The van der Waals surface area contributed by atoms with Crippen LogP contribution in [0.2, 0.25) is 5.02 Å². The molecule has 0 aliphatic heterocycles. The molecule has 0 aromatic heterocycles. The van der Waals surface area contributed by atoms with Gasteiger partial charge in [-0.25, -0.2) is 9.59 Å². The molecule has 3 N–H and O–H groups in total. The first kappa shape index (κ1) is 16.4. The maximum Gasteiger partial charge on any atom is 0.326 e. The Morgan fingerprint density at radius 2 is 2.19 bits per heavy atom. The predicted octanol–water partition coefficient (Wildman–Crippen LogP) is 2.40. The van der Waals surface area contributed by atoms with Crippen LogP contribution in [0.5, 0.6) is 0 Å². The number of nitrogens with zero attached hydrogens (tertiary/aromatic N) is 1. The first-order valence-corrected chi connectivity index (χ1v) is 6.08. The molecule has 0 radical (unpaired) electrons. The SMILES string of the molecule is C=CCC(NC(=O)Nc1cc([N+](=O)[O-])ccc1Cl)C(=O)O. The van der Waals surface area contributed by atoms with E-state index in [0.717, 1.165) is 6.07 Å². The number of non-ortho nitro benzene ring substituents is 1. The van der Waals surface area contributed by atoms with Crippen molar-refractivity contribution in [2.75, 3.05) is 5.32 Å². The van der Waals surface area contributed by atoms with Gasteiger partial charge in [-0.1, -0.05) is 17.7 Å². The highest BCUT2D eigenvalue weighted by atomic mass is 35.5. The number of nitro groups is 1. The summed E-state index contributed by atoms with van der Waals surface area (Å²) < 4.78 is 0. The number of halogens is 1. The second kappa shape index (κ2) is 7.25. The largest absolute Gasteiger partial charge is 0.480 e. The van der Waals surface area contributed by atoms with Crippen LogP contribution >= 0.6 is 11.6 Å². The molecule has 0 saturated carbocycles. The Balaban J connectivity index is 2.82. The van der Waals surface area contributed by atoms with Crippen LogP contribution in [0.1, 0.15) is 6.42 Å². The molecule has 8 nitrogen and oxygen atoms in total. The number of hydrogen-bond acceptors (Lipinski definition) is 4. The van der Waals surface area contributed by atoms with E-state index in [1.807, 2.05) is 0 Å². The zero-order valence-electron chi connectivity index (χ0n) is 10.7. The number of carbonyl (C=O) groups excluding carboxylic acids is 1. The number of hydrogen-bond donors (Lipinski definition) is 3. The third-order valence-electron chi connectivity index (χ3n) is 2.41. The van der Waals surface area contributed by atoms with Crippen LogP contribution in [0.4, 0.5) is 16.2 Å². The number of nitro benzene ring substituents is 1. The highest BCUT2D eigenvalue weighted by molar-refractivity contribution is 6.33. The molecule has 0 saturated heterocycles. The summed E-state index contributed by atoms with van der Waals surface area (Å²) in [5, 5.41) is 24.1. The lowest BCUT2D eigenvalue weighted by atomic mass is 10.2. The van der Waals surface area contributed by atoms with Gasteiger partial charge in [0.2, 0.25) is 0 Å². The molecule has 0 aliphatic rings. The van der Waals surface area contributed by atoms with Gasteiger partial charge in [-0.05, 0) is 12.5 Å². The molecule has 1 unspecified atom stereocenters. The number of carbonyl (C=O) groups is 2. The average Bonchev–Trinajstić information content (AvgIpc) is 2.40. The lowest BCUT2D eigenvalue weighted by molar-refractivity contribution is -0.384. The van der Waals surface area contributed by atoms with Gasteiger partial charge in [-0.2, -0.15) is 0 Å². The first-order chi connectivity index (χ1) is 9.85. The Bertz CT molecular complexity index is 590. The van der Waals surface area contributed by atoms with Crippen molar-refractivity contribution in [1.82, 2.24) is 5.32 Å². The number of urea groups is 1. The van der Waals surface area contributed by atoms with Crippen molar-refractivity contribution in [3.63, 3.8) is 0 Å². The molecule has 21 heavy (non-hydrogen) atoms. The minimum atomic E-state index is -1.23. The fourth-order valence-corrected chi connectivity index (χ4v) is 1.59. The Hall–Kier alpha value is -2.61. The molecular weight excluding hydrogens is 302 g/mol. The minimum Gasteiger partial charge on any atom is -0.480 e. The maximum atomic E-state index is 11.7. The summed E-state index contributed by atoms with van der Waals surface area (Å²) in [6.07, 6.45) is 1.38. The summed E-state index contributed by atoms with van der Waals surface area (Å²) in [5.74, 6) is -1.23. The molecule has 1 atom stereocenters. The lowest BCUT2D eigenvalue weighted by Gasteiger charge is -2.14. The molecule has 0 aliphatic carbocycles. The average molecular weight is 314 g/mol. The summed E-state index contributed by atoms with van der Waals surface area (Å²) in [6, 6.07) is 1.52. The van der Waals surface area contributed by atoms with Gasteiger partial charge in [0.15, 0.2) is 0 Å². The molecule has 1 aromatic rings. The molecule has 0 fully saturated rings. The summed E-state index contributed by atoms with van der Waals surface area (Å²) in [7, 11) is 0. The van der Waals surface area contributed by atoms with E-state index in [0.29, 0.717) is 0 Å². The lowest BCUT2D eigenvalue weighted by Crippen LogP contribution is -2.42. The van der Waals surface area contributed by atoms with Crippen LogP contribution in [-0.4, -0.2) is 28.1 Å². The molecule has 0 heterocycles. The van der Waals surface area contributed by atoms with E-state index >= 15 is 0 Å². The highest BCUT2D eigenvalue weighted by Crippen LogP contribution is 2.26. The van der Waals surface area contributed by atoms with E-state index in [1.165, 1.54) is 18.2 Å². The van der Waals surface area contributed by atoms with Crippen molar-refractivity contribution < 1.29 is 19.6 Å². The quantitative estimate of drug-likeness (QED) is 0.423. The molecule has 0 spiro atoms. The van der Waals surface area contributed by atoms with Crippen molar-refractivity contribution in [1.29, 1.82) is 0 Å². The Morgan fingerprint density at radius 1 is 1.52 bits per heavy atom. The normalized spacial score (nSPS) is 11.3. The molecule has 2 amide bonds. The second-order valence-corrected chi connectivity index (χ2v) is 4.34. The molecule has 112 valence electrons. The smallest absolute Gasteiger partial charge is 0.326 e. The van der Waals surface area contributed by atoms with E-state index in [4.69, 9.17) is 16.7 Å². The summed E-state index contributed by atoms with van der Waals surface area (Å²) in [4.78, 5) is 32.6. The zero-order valence-corrected chi connectivity index (χ0v) is 11.5. The number of carboxylic acid groups (broad SMARTS) is 1. The van der Waals surface area contributed by atoms with Crippen molar-refractivity contribution in [2.45, 2.75) is 12.5 Å². The van der Waals surface area contributed by atoms with E-state index in [2.05, 4.69) is 17.2 Å². The fraction of sp³-hybridized carbons (Fsp3) is 0.167. The van der Waals surface area contributed by atoms with Gasteiger partial charge in [-0.3, -0.25) is 10.1 Å². The van der Waals surface area contributed by atoms with E-state index < -0.39 is 23.0 Å². The number of rotatable bonds is 6. The number of amides is 2. The first-order valence-electron chi connectivity index (χ1n) is 5.70. The molecule has 9 heteroatoms. The molecule has 1 rings (SSSR count). The fourth-order valence-electron chi connectivity index (χ4n) is 1.43. The third-order valence-corrected chi connectivity index (χ3v) is 2.74. The Morgan fingerprint density at radius 3 is 2.71 bits per heavy atom. The standard InChI is InChI=1S/C12H12ClN3O5/c1-2-3-9(11(17)18)14-12(19)15-10-6-7(16(20)21)4-5-8(10)13/h2,4-6,9H,1,3H2,(H,17,18)(H2,14,15,19). The number of aliphatic carboxylic acids is 1. The predicted molar refractivity (Wildman–Crippen MR) is 76.5 cm³/mol. The van der Waals surface area contributed by atoms with Crippen molar-refractivity contribution in [3.8, 4) is 0 Å². The topological polar surface area (TPSA) is 122 Å². The number of nitrogens with one attached hydrogen (secondary N) is 2. The third kappa shape index (κ3) is 4.77. The number of anilines is 1. The van der Waals surface area contributed by atoms with Gasteiger partial charge in [0.05, 0.1) is 15.6 Å². The summed E-state index contributed by atoms with van der Waals surface area (Å²) in [5.41, 5.74) is -0.248. The molecule has 1 aromatic carbocycles. The van der Waals surface area contributed by atoms with Gasteiger partial charge < -0.3 is 15.7 Å². The van der Waals surface area contributed by atoms with Crippen LogP contribution in [-0.2, 0) is 4.79 Å². The van der Waals surface area contributed by atoms with Crippen molar-refractivity contribution in [3.05, 3.63) is 46.0 Å². The Labute approximate surface area is 124 Å². The Kier molecular flexibility index (Phi) is 5.67. The van der Waals surface area contributed by atoms with Gasteiger partial charge in [-0.15, -0.1) is 6.58 Å². The second-order valence-electron chi connectivity index (χ2n) is 3.93. The van der Waals surface area contributed by atoms with Crippen LogP contribution in [0.25, 0.3) is 0 Å². The van der Waals surface area contributed by atoms with E-state index in [1.54, 1.807) is 0 Å². The van der Waals surface area contributed by atoms with Gasteiger partial charge >= 0.3 is 12.0 Å². The molecular formula is C12H12ClN3O5. The van der Waals surface area contributed by atoms with Crippen LogP contribution in [0, 0.1) is 10.1 Å².